The van der Waals surface area contributed by atoms with Crippen LogP contribution in [0.15, 0.2) is 30.3 Å². The van der Waals surface area contributed by atoms with Gasteiger partial charge in [0.05, 0.1) is 32.1 Å². The number of aliphatic carboxylic acids is 1. The summed E-state index contributed by atoms with van der Waals surface area (Å²) in [6, 6.07) is 5.77. The number of carbonyl (C=O) groups excluding carboxylic acids is 5. The summed E-state index contributed by atoms with van der Waals surface area (Å²) >= 11 is 0. The molecule has 5 amide bonds. The van der Waals surface area contributed by atoms with Crippen molar-refractivity contribution >= 4 is 43.7 Å². The molecule has 4 fully saturated rings. The van der Waals surface area contributed by atoms with Gasteiger partial charge in [0, 0.05) is 18.6 Å². The Morgan fingerprint density at radius 3 is 1.41 bits per heavy atom. The first kappa shape index (κ1) is 52.8. The van der Waals surface area contributed by atoms with Crippen LogP contribution in [-0.4, -0.2) is 149 Å². The molecule has 5 rings (SSSR count). The van der Waals surface area contributed by atoms with Crippen LogP contribution < -0.4 is 5.32 Å². The van der Waals surface area contributed by atoms with Gasteiger partial charge in [-0.25, -0.2) is 14.4 Å². The van der Waals surface area contributed by atoms with Crippen LogP contribution in [0.2, 0.25) is 6.82 Å². The van der Waals surface area contributed by atoms with Crippen molar-refractivity contribution in [3.05, 3.63) is 35.9 Å². The first-order valence-electron chi connectivity index (χ1n) is 21.4. The average molecular weight is 858 g/mol. The largest absolute Gasteiger partial charge is 0.480 e. The first-order valence-corrected chi connectivity index (χ1v) is 21.4. The monoisotopic (exact) mass is 858 g/mol. The lowest BCUT2D eigenvalue weighted by Gasteiger charge is -2.59. The van der Waals surface area contributed by atoms with Crippen molar-refractivity contribution in [3.8, 4) is 0 Å². The Labute approximate surface area is 364 Å². The molecule has 342 valence electrons. The molecule has 4 N–H and O–H groups in total. The van der Waals surface area contributed by atoms with Crippen LogP contribution in [0.1, 0.15) is 128 Å². The second-order valence-electron chi connectivity index (χ2n) is 18.0. The third kappa shape index (κ3) is 10.6. The summed E-state index contributed by atoms with van der Waals surface area (Å²) < 4.78 is 11.0. The number of likely N-dealkylation sites (tertiary alicyclic amines) is 4. The molecule has 10 atom stereocenters. The topological polar surface area (TPSA) is 207 Å². The molecule has 2 radical (unpaired) electrons. The smallest absolute Gasteiger partial charge is 0.411 e. The third-order valence-electron chi connectivity index (χ3n) is 11.6. The lowest BCUT2D eigenvalue weighted by molar-refractivity contribution is -0.188. The summed E-state index contributed by atoms with van der Waals surface area (Å²) in [6.45, 7) is 26.6. The number of β-lactam (4-membered cyclic amide) rings is 2. The van der Waals surface area contributed by atoms with Crippen LogP contribution >= 0.6 is 0 Å². The molecule has 61 heavy (non-hydrogen) atoms. The minimum atomic E-state index is -1.33. The van der Waals surface area contributed by atoms with Crippen molar-refractivity contribution in [2.45, 2.75) is 207 Å². The number of hydrogen-bond acceptors (Lipinski definition) is 10. The number of nitrogens with one attached hydrogen (secondary N) is 1. The summed E-state index contributed by atoms with van der Waals surface area (Å²) in [5, 5.41) is 32.4. The highest BCUT2D eigenvalue weighted by Crippen LogP contribution is 2.50. The average Bonchev–Trinajstić information content (AvgIpc) is 3.74. The van der Waals surface area contributed by atoms with E-state index >= 15 is 0 Å². The van der Waals surface area contributed by atoms with Crippen molar-refractivity contribution in [2.24, 2.45) is 0 Å². The van der Waals surface area contributed by atoms with Crippen molar-refractivity contribution in [2.75, 3.05) is 0 Å². The van der Waals surface area contributed by atoms with Crippen molar-refractivity contribution in [3.63, 3.8) is 0 Å². The predicted molar refractivity (Wildman–Crippen MR) is 231 cm³/mol. The van der Waals surface area contributed by atoms with Crippen molar-refractivity contribution < 1.29 is 53.6 Å². The van der Waals surface area contributed by atoms with E-state index in [4.69, 9.17) is 9.47 Å². The standard InChI is InChI=1S/C24H35N3O5.C17H28N2O6.C2H6.CH3B/c1-15-12-13-24(27(15)22(31)32-23(4,5)6)17(3)26(21(24)30)19(16(2)28)20(29)25-14-18-10-8-7-9-11-18;1-9-7-8-17(19(9)15(24)25-16(4,5)6)11(3)18(14(17)23)12(10(2)20)13(21)22;2*1-2/h7-11,15-17,19,28H,12-14H2,1-6H3,(H,25,29);9-12,20H,7-8H2,1-6H3,(H,21,22);1-2H3;1H3/t15?,16-,17?,19+,24?;9?,10-,11?,12+,17?;;/m11../s1. The second-order valence-corrected chi connectivity index (χ2v) is 18.0. The molecule has 17 heteroatoms. The van der Waals surface area contributed by atoms with E-state index in [9.17, 15) is 44.1 Å². The molecular formula is C44H72BN5O11. The summed E-state index contributed by atoms with van der Waals surface area (Å²) in [7, 11) is 4.50. The number of aliphatic hydroxyl groups is 2. The maximum absolute atomic E-state index is 13.5. The number of nitrogens with zero attached hydrogens (tertiary/aromatic N) is 4. The van der Waals surface area contributed by atoms with Crippen LogP contribution in [0.25, 0.3) is 0 Å². The summed E-state index contributed by atoms with van der Waals surface area (Å²) in [4.78, 5) is 82.2. The van der Waals surface area contributed by atoms with Gasteiger partial charge in [-0.1, -0.05) is 51.0 Å². The lowest BCUT2D eigenvalue weighted by Crippen LogP contribution is -2.82. The number of benzene rings is 1. The van der Waals surface area contributed by atoms with E-state index in [1.165, 1.54) is 35.4 Å². The first-order chi connectivity index (χ1) is 28.2. The molecule has 16 nitrogen and oxygen atoms in total. The zero-order chi connectivity index (χ0) is 47.2. The van der Waals surface area contributed by atoms with E-state index in [0.29, 0.717) is 32.2 Å². The predicted octanol–water partition coefficient (Wildman–Crippen LogP) is 4.88. The minimum Gasteiger partial charge on any atom is -0.480 e. The van der Waals surface area contributed by atoms with Gasteiger partial charge in [0.2, 0.25) is 5.91 Å². The molecule has 6 unspecified atom stereocenters. The normalized spacial score (nSPS) is 27.4. The molecule has 0 bridgehead atoms. The van der Waals surface area contributed by atoms with Gasteiger partial charge in [-0.15, -0.1) is 0 Å². The Morgan fingerprint density at radius 1 is 0.738 bits per heavy atom. The van der Waals surface area contributed by atoms with E-state index < -0.39 is 88.6 Å². The highest BCUT2D eigenvalue weighted by molar-refractivity contribution is 6.05. The van der Waals surface area contributed by atoms with Gasteiger partial charge >= 0.3 is 18.2 Å². The van der Waals surface area contributed by atoms with Gasteiger partial charge in [-0.3, -0.25) is 24.2 Å². The van der Waals surface area contributed by atoms with E-state index in [1.54, 1.807) is 53.4 Å². The van der Waals surface area contributed by atoms with E-state index in [0.717, 1.165) is 5.56 Å². The van der Waals surface area contributed by atoms with Gasteiger partial charge in [-0.05, 0) is 114 Å². The minimum absolute atomic E-state index is 0.157. The fraction of sp³-hybridized carbons (Fsp3) is 0.727. The Kier molecular flexibility index (Phi) is 17.9. The third-order valence-corrected chi connectivity index (χ3v) is 11.6. The second kappa shape index (κ2) is 20.7. The van der Waals surface area contributed by atoms with Crippen molar-refractivity contribution in [1.82, 2.24) is 24.9 Å². The number of hydrogen-bond donors (Lipinski definition) is 4. The Balaban J connectivity index is 0.000000399. The highest BCUT2D eigenvalue weighted by atomic mass is 16.6. The number of ether oxygens (including phenoxy) is 2. The number of carboxylic acid groups (broad SMARTS) is 1. The SMILES string of the molecule is CC.CC1CCC2(C(=O)N([C@H](C(=O)NCc3ccccc3)[C@@H](C)O)C2C)N1C(=O)OC(C)(C)C.CC1CCC2(C(=O)N([C@H](C(=O)O)[C@@H](C)O)C2C)N1C(=O)OC(C)(C)C.[B]C. The summed E-state index contributed by atoms with van der Waals surface area (Å²) in [5.41, 5.74) is -2.60. The number of amides is 5. The molecule has 0 saturated carbocycles. The molecule has 0 aliphatic carbocycles. The quantitative estimate of drug-likeness (QED) is 0.205. The van der Waals surface area contributed by atoms with Gasteiger partial charge in [0.1, 0.15) is 28.3 Å². The maximum Gasteiger partial charge on any atom is 0.411 e. The molecule has 4 aliphatic heterocycles. The van der Waals surface area contributed by atoms with Crippen LogP contribution in [0.5, 0.6) is 0 Å². The van der Waals surface area contributed by atoms with Gasteiger partial charge in [0.25, 0.3) is 11.8 Å². The van der Waals surface area contributed by atoms with Crippen LogP contribution in [0.4, 0.5) is 9.59 Å². The Bertz CT molecular complexity index is 1700. The number of aliphatic hydroxyl groups excluding tert-OH is 2. The Hall–Kier alpha value is -4.38. The highest BCUT2D eigenvalue weighted by Gasteiger charge is 2.70. The van der Waals surface area contributed by atoms with E-state index in [1.807, 2.05) is 65.0 Å². The van der Waals surface area contributed by atoms with E-state index in [-0.39, 0.29) is 18.0 Å². The molecule has 4 heterocycles. The zero-order valence-electron chi connectivity index (χ0n) is 39.0. The molecule has 2 spiro atoms. The fourth-order valence-corrected chi connectivity index (χ4v) is 8.94. The van der Waals surface area contributed by atoms with Crippen LogP contribution in [0, 0.1) is 0 Å². The molecule has 4 saturated heterocycles. The summed E-state index contributed by atoms with van der Waals surface area (Å²) in [6.07, 6.45) is -1.11. The van der Waals surface area contributed by atoms with Crippen molar-refractivity contribution in [1.29, 1.82) is 0 Å². The van der Waals surface area contributed by atoms with Crippen LogP contribution in [-0.2, 0) is 35.2 Å². The van der Waals surface area contributed by atoms with E-state index in [2.05, 4.69) is 13.2 Å². The van der Waals surface area contributed by atoms with Gasteiger partial charge in [0.15, 0.2) is 6.04 Å². The van der Waals surface area contributed by atoms with Crippen LogP contribution in [0.3, 0.4) is 0 Å². The molecule has 1 aromatic rings. The molecule has 1 aromatic carbocycles. The number of carbonyl (C=O) groups is 6. The van der Waals surface area contributed by atoms with Gasteiger partial charge < -0.3 is 39.9 Å². The molecule has 4 aliphatic rings. The molecule has 0 aromatic heterocycles. The maximum atomic E-state index is 13.5. The zero-order valence-corrected chi connectivity index (χ0v) is 39.0. The Morgan fingerprint density at radius 2 is 1.10 bits per heavy atom. The van der Waals surface area contributed by atoms with Gasteiger partial charge in [-0.2, -0.15) is 0 Å². The molecular weight excluding hydrogens is 785 g/mol. The fourth-order valence-electron chi connectivity index (χ4n) is 8.94. The number of rotatable bonds is 8. The number of carboxylic acids is 1. The lowest BCUT2D eigenvalue weighted by atomic mass is 9.75. The summed E-state index contributed by atoms with van der Waals surface area (Å²) in [5.74, 6) is -2.45.